The minimum absolute atomic E-state index is 0.175. The molecule has 0 aliphatic carbocycles. The molecule has 4 nitrogen and oxygen atoms in total. The molecule has 0 aromatic carbocycles. The zero-order chi connectivity index (χ0) is 12.2. The van der Waals surface area contributed by atoms with Crippen molar-refractivity contribution in [1.29, 1.82) is 0 Å². The van der Waals surface area contributed by atoms with E-state index in [-0.39, 0.29) is 6.04 Å². The van der Waals surface area contributed by atoms with Crippen LogP contribution >= 0.6 is 11.3 Å². The number of rotatable bonds is 6. The fourth-order valence-electron chi connectivity index (χ4n) is 1.46. The molecule has 1 aromatic rings. The van der Waals surface area contributed by atoms with Crippen LogP contribution < -0.4 is 4.72 Å². The Labute approximate surface area is 101 Å². The summed E-state index contributed by atoms with van der Waals surface area (Å²) in [6.45, 7) is 6.50. The first-order chi connectivity index (χ1) is 7.51. The summed E-state index contributed by atoms with van der Waals surface area (Å²) in [6, 6.07) is 3.67. The van der Waals surface area contributed by atoms with Crippen LogP contribution in [0.3, 0.4) is 0 Å². The third kappa shape index (κ3) is 3.28. The lowest BCUT2D eigenvalue weighted by Crippen LogP contribution is -2.41. The monoisotopic (exact) mass is 262 g/mol. The van der Waals surface area contributed by atoms with Crippen LogP contribution in [0.2, 0.25) is 0 Å². The number of nitrogens with one attached hydrogen (secondary N) is 1. The summed E-state index contributed by atoms with van der Waals surface area (Å²) in [7, 11) is -3.36. The molecule has 92 valence electrons. The Morgan fingerprint density at radius 1 is 1.44 bits per heavy atom. The summed E-state index contributed by atoms with van der Waals surface area (Å²) in [4.78, 5) is 1.02. The average molecular weight is 262 g/mol. The first-order valence-corrected chi connectivity index (χ1v) is 7.64. The number of hydrogen-bond acceptors (Lipinski definition) is 3. The minimum Gasteiger partial charge on any atom is -0.195 e. The molecule has 0 radical (unpaired) electrons. The Kier molecular flexibility index (Phi) is 4.91. The quantitative estimate of drug-likeness (QED) is 0.852. The Morgan fingerprint density at radius 2 is 2.06 bits per heavy atom. The van der Waals surface area contributed by atoms with Gasteiger partial charge < -0.3 is 0 Å². The smallest absolute Gasteiger partial charge is 0.195 e. The van der Waals surface area contributed by atoms with Crippen LogP contribution in [-0.4, -0.2) is 25.8 Å². The molecule has 0 aliphatic heterocycles. The second-order valence-corrected chi connectivity index (χ2v) is 6.13. The first kappa shape index (κ1) is 13.6. The Balaban J connectivity index is 2.73. The highest BCUT2D eigenvalue weighted by atomic mass is 32.2. The van der Waals surface area contributed by atoms with Gasteiger partial charge in [-0.1, -0.05) is 19.9 Å². The molecule has 0 saturated heterocycles. The fraction of sp³-hybridized carbons (Fsp3) is 0.600. The topological polar surface area (TPSA) is 49.4 Å². The van der Waals surface area contributed by atoms with E-state index < -0.39 is 10.2 Å². The van der Waals surface area contributed by atoms with Gasteiger partial charge in [0.1, 0.15) is 0 Å². The van der Waals surface area contributed by atoms with Gasteiger partial charge in [0.2, 0.25) is 0 Å². The molecule has 0 amide bonds. The number of hydrogen-bond donors (Lipinski definition) is 1. The van der Waals surface area contributed by atoms with E-state index in [1.54, 1.807) is 11.3 Å². The molecule has 0 fully saturated rings. The Bertz CT molecular complexity index is 396. The summed E-state index contributed by atoms with van der Waals surface area (Å²) < 4.78 is 27.9. The molecule has 0 unspecified atom stereocenters. The highest BCUT2D eigenvalue weighted by Gasteiger charge is 2.21. The van der Waals surface area contributed by atoms with Crippen molar-refractivity contribution in [2.75, 3.05) is 13.1 Å². The molecular formula is C10H18N2O2S2. The van der Waals surface area contributed by atoms with E-state index in [9.17, 15) is 8.42 Å². The largest absolute Gasteiger partial charge is 0.280 e. The van der Waals surface area contributed by atoms with E-state index in [0.717, 1.165) is 4.88 Å². The zero-order valence-electron chi connectivity index (χ0n) is 9.80. The van der Waals surface area contributed by atoms with E-state index in [0.29, 0.717) is 13.1 Å². The lowest BCUT2D eigenvalue weighted by molar-refractivity contribution is 0.429. The van der Waals surface area contributed by atoms with Gasteiger partial charge in [-0.2, -0.15) is 17.4 Å². The lowest BCUT2D eigenvalue weighted by atomic mass is 10.3. The van der Waals surface area contributed by atoms with Crippen molar-refractivity contribution >= 4 is 21.5 Å². The molecular weight excluding hydrogens is 244 g/mol. The van der Waals surface area contributed by atoms with Crippen molar-refractivity contribution in [3.63, 3.8) is 0 Å². The van der Waals surface area contributed by atoms with E-state index >= 15 is 0 Å². The Hall–Kier alpha value is -0.430. The van der Waals surface area contributed by atoms with Crippen LogP contribution in [0, 0.1) is 0 Å². The maximum absolute atomic E-state index is 11.9. The second kappa shape index (κ2) is 5.77. The van der Waals surface area contributed by atoms with Gasteiger partial charge in [0.25, 0.3) is 10.2 Å². The van der Waals surface area contributed by atoms with E-state index in [4.69, 9.17) is 0 Å². The highest BCUT2D eigenvalue weighted by molar-refractivity contribution is 7.87. The van der Waals surface area contributed by atoms with Gasteiger partial charge in [0.05, 0.1) is 6.04 Å². The standard InChI is InChI=1S/C10H18N2O2S2/c1-4-12(5-2)16(13,14)11-9(3)10-7-6-8-15-10/h6-9,11H,4-5H2,1-3H3/t9-/m0/s1. The van der Waals surface area contributed by atoms with Gasteiger partial charge >= 0.3 is 0 Å². The predicted molar refractivity (Wildman–Crippen MR) is 67.7 cm³/mol. The number of thiophene rings is 1. The molecule has 1 aromatic heterocycles. The van der Waals surface area contributed by atoms with Gasteiger partial charge in [0, 0.05) is 18.0 Å². The van der Waals surface area contributed by atoms with E-state index in [2.05, 4.69) is 4.72 Å². The second-order valence-electron chi connectivity index (χ2n) is 3.44. The molecule has 0 aliphatic rings. The first-order valence-electron chi connectivity index (χ1n) is 5.32. The van der Waals surface area contributed by atoms with Crippen LogP contribution in [0.5, 0.6) is 0 Å². The molecule has 6 heteroatoms. The van der Waals surface area contributed by atoms with E-state index in [1.165, 1.54) is 4.31 Å². The van der Waals surface area contributed by atoms with Crippen molar-refractivity contribution < 1.29 is 8.42 Å². The molecule has 0 spiro atoms. The SMILES string of the molecule is CCN(CC)S(=O)(=O)N[C@@H](C)c1cccs1. The summed E-state index contributed by atoms with van der Waals surface area (Å²) in [5.74, 6) is 0. The predicted octanol–water partition coefficient (Wildman–Crippen LogP) is 1.99. The van der Waals surface area contributed by atoms with Crippen molar-refractivity contribution in [1.82, 2.24) is 9.03 Å². The van der Waals surface area contributed by atoms with Crippen LogP contribution in [0.25, 0.3) is 0 Å². The van der Waals surface area contributed by atoms with E-state index in [1.807, 2.05) is 38.3 Å². The molecule has 16 heavy (non-hydrogen) atoms. The van der Waals surface area contributed by atoms with Gasteiger partial charge in [-0.3, -0.25) is 0 Å². The average Bonchev–Trinajstić information content (AvgIpc) is 2.70. The van der Waals surface area contributed by atoms with Gasteiger partial charge in [-0.15, -0.1) is 11.3 Å². The summed E-state index contributed by atoms with van der Waals surface area (Å²) in [5.41, 5.74) is 0. The van der Waals surface area contributed by atoms with Crippen LogP contribution in [0.15, 0.2) is 17.5 Å². The fourth-order valence-corrected chi connectivity index (χ4v) is 3.67. The summed E-state index contributed by atoms with van der Waals surface area (Å²) in [5, 5.41) is 1.94. The van der Waals surface area contributed by atoms with Crippen molar-refractivity contribution in [3.8, 4) is 0 Å². The van der Waals surface area contributed by atoms with Gasteiger partial charge in [0.15, 0.2) is 0 Å². The lowest BCUT2D eigenvalue weighted by Gasteiger charge is -2.21. The zero-order valence-corrected chi connectivity index (χ0v) is 11.4. The molecule has 1 rings (SSSR count). The van der Waals surface area contributed by atoms with Crippen molar-refractivity contribution in [2.24, 2.45) is 0 Å². The van der Waals surface area contributed by atoms with Crippen LogP contribution in [-0.2, 0) is 10.2 Å². The molecule has 0 bridgehead atoms. The van der Waals surface area contributed by atoms with Crippen LogP contribution in [0.1, 0.15) is 31.7 Å². The Morgan fingerprint density at radius 3 is 2.50 bits per heavy atom. The maximum Gasteiger partial charge on any atom is 0.280 e. The minimum atomic E-state index is -3.36. The highest BCUT2D eigenvalue weighted by Crippen LogP contribution is 2.19. The molecule has 1 atom stereocenters. The summed E-state index contributed by atoms with van der Waals surface area (Å²) in [6.07, 6.45) is 0. The molecule has 0 saturated carbocycles. The third-order valence-corrected chi connectivity index (χ3v) is 5.24. The third-order valence-electron chi connectivity index (χ3n) is 2.34. The summed E-state index contributed by atoms with van der Waals surface area (Å²) >= 11 is 1.55. The molecule has 1 heterocycles. The van der Waals surface area contributed by atoms with Gasteiger partial charge in [-0.25, -0.2) is 0 Å². The van der Waals surface area contributed by atoms with Crippen LogP contribution in [0.4, 0.5) is 0 Å². The molecule has 1 N–H and O–H groups in total. The van der Waals surface area contributed by atoms with Crippen molar-refractivity contribution in [2.45, 2.75) is 26.8 Å². The number of nitrogens with zero attached hydrogens (tertiary/aromatic N) is 1. The van der Waals surface area contributed by atoms with Crippen molar-refractivity contribution in [3.05, 3.63) is 22.4 Å². The normalized spacial score (nSPS) is 14.2. The van der Waals surface area contributed by atoms with Gasteiger partial charge in [-0.05, 0) is 18.4 Å². The maximum atomic E-state index is 11.9.